The highest BCUT2D eigenvalue weighted by atomic mass is 32.1. The van der Waals surface area contributed by atoms with Crippen LogP contribution in [0.15, 0.2) is 46.0 Å². The molecule has 0 radical (unpaired) electrons. The number of carbonyl (C=O) groups is 1. The molecule has 0 unspecified atom stereocenters. The second-order valence-corrected chi connectivity index (χ2v) is 9.47. The van der Waals surface area contributed by atoms with Gasteiger partial charge in [-0.15, -0.1) is 11.3 Å². The Kier molecular flexibility index (Phi) is 6.37. The zero-order valence-corrected chi connectivity index (χ0v) is 19.3. The van der Waals surface area contributed by atoms with Crippen LogP contribution in [0.4, 0.5) is 4.39 Å². The zero-order chi connectivity index (χ0) is 22.8. The van der Waals surface area contributed by atoms with Crippen molar-refractivity contribution in [3.63, 3.8) is 0 Å². The van der Waals surface area contributed by atoms with Crippen molar-refractivity contribution in [2.75, 3.05) is 26.2 Å². The van der Waals surface area contributed by atoms with E-state index in [1.807, 2.05) is 10.6 Å². The van der Waals surface area contributed by atoms with Gasteiger partial charge in [0.2, 0.25) is 0 Å². The molecule has 2 aliphatic heterocycles. The Morgan fingerprint density at radius 2 is 1.94 bits per heavy atom. The molecule has 0 aliphatic carbocycles. The summed E-state index contributed by atoms with van der Waals surface area (Å²) in [6.07, 6.45) is 4.28. The third-order valence-corrected chi connectivity index (χ3v) is 7.22. The molecule has 2 aromatic heterocycles. The molecule has 6 nitrogen and oxygen atoms in total. The number of halogens is 1. The summed E-state index contributed by atoms with van der Waals surface area (Å²) in [5.74, 6) is -0.468. The zero-order valence-electron chi connectivity index (χ0n) is 18.5. The van der Waals surface area contributed by atoms with Crippen molar-refractivity contribution in [2.45, 2.75) is 38.8 Å². The number of hydrogen-bond acceptors (Lipinski definition) is 5. The first-order chi connectivity index (χ1) is 16.1. The highest BCUT2D eigenvalue weighted by molar-refractivity contribution is 7.07. The van der Waals surface area contributed by atoms with Crippen molar-refractivity contribution >= 4 is 17.2 Å². The van der Waals surface area contributed by atoms with Crippen molar-refractivity contribution in [2.24, 2.45) is 0 Å². The van der Waals surface area contributed by atoms with Gasteiger partial charge in [0.1, 0.15) is 11.5 Å². The van der Waals surface area contributed by atoms with Crippen LogP contribution in [-0.4, -0.2) is 51.4 Å². The molecule has 0 atom stereocenters. The molecule has 1 fully saturated rings. The third kappa shape index (κ3) is 4.63. The average Bonchev–Trinajstić information content (AvgIpc) is 3.38. The maximum absolute atomic E-state index is 14.0. The minimum absolute atomic E-state index is 0.0874. The van der Waals surface area contributed by atoms with E-state index >= 15 is 0 Å². The second-order valence-electron chi connectivity index (χ2n) is 8.75. The molecular weight excluding hydrogens is 439 g/mol. The Bertz CT molecular complexity index is 1200. The van der Waals surface area contributed by atoms with E-state index in [0.29, 0.717) is 42.9 Å². The maximum Gasteiger partial charge on any atom is 0.273 e. The van der Waals surface area contributed by atoms with Crippen LogP contribution in [0, 0.1) is 5.82 Å². The standard InChI is InChI=1S/C25H27FN4O2S/c26-20-6-4-5-18(13-20)21-14-19-15-29(25(32)22-16-33-17-27-22)10-7-23(19)30(24(21)31)12-11-28-8-2-1-3-9-28/h4-6,13-14,16-17H,1-3,7-12,15H2. The van der Waals surface area contributed by atoms with E-state index in [-0.39, 0.29) is 17.3 Å². The van der Waals surface area contributed by atoms with E-state index in [2.05, 4.69) is 9.88 Å². The van der Waals surface area contributed by atoms with Gasteiger partial charge in [0, 0.05) is 49.2 Å². The Labute approximate surface area is 196 Å². The van der Waals surface area contributed by atoms with Gasteiger partial charge in [0.15, 0.2) is 0 Å². The van der Waals surface area contributed by atoms with E-state index < -0.39 is 0 Å². The summed E-state index contributed by atoms with van der Waals surface area (Å²) < 4.78 is 15.8. The lowest BCUT2D eigenvalue weighted by molar-refractivity contribution is 0.0726. The van der Waals surface area contributed by atoms with Crippen molar-refractivity contribution < 1.29 is 9.18 Å². The third-order valence-electron chi connectivity index (χ3n) is 6.63. The average molecular weight is 467 g/mol. The van der Waals surface area contributed by atoms with Gasteiger partial charge in [0.05, 0.1) is 5.51 Å². The Balaban J connectivity index is 1.51. The van der Waals surface area contributed by atoms with Crippen molar-refractivity contribution in [3.05, 3.63) is 74.3 Å². The minimum atomic E-state index is -0.371. The molecule has 0 N–H and O–H groups in total. The monoisotopic (exact) mass is 466 g/mol. The van der Waals surface area contributed by atoms with Crippen LogP contribution >= 0.6 is 11.3 Å². The number of pyridine rings is 1. The molecule has 5 rings (SSSR count). The van der Waals surface area contributed by atoms with Gasteiger partial charge in [-0.1, -0.05) is 18.6 Å². The van der Waals surface area contributed by atoms with Crippen LogP contribution in [0.1, 0.15) is 41.0 Å². The van der Waals surface area contributed by atoms with Gasteiger partial charge in [-0.25, -0.2) is 9.37 Å². The van der Waals surface area contributed by atoms with E-state index in [9.17, 15) is 14.0 Å². The van der Waals surface area contributed by atoms with Gasteiger partial charge >= 0.3 is 0 Å². The van der Waals surface area contributed by atoms with Gasteiger partial charge in [-0.2, -0.15) is 0 Å². The highest BCUT2D eigenvalue weighted by Crippen LogP contribution is 2.25. The second kappa shape index (κ2) is 9.57. The largest absolute Gasteiger partial charge is 0.333 e. The summed E-state index contributed by atoms with van der Waals surface area (Å²) in [4.78, 5) is 34.8. The van der Waals surface area contributed by atoms with Gasteiger partial charge < -0.3 is 14.4 Å². The lowest BCUT2D eigenvalue weighted by Gasteiger charge is -2.32. The highest BCUT2D eigenvalue weighted by Gasteiger charge is 2.27. The number of carbonyl (C=O) groups excluding carboxylic acids is 1. The molecule has 4 heterocycles. The van der Waals surface area contributed by atoms with Crippen LogP contribution in [-0.2, 0) is 19.5 Å². The number of rotatable bonds is 5. The van der Waals surface area contributed by atoms with Gasteiger partial charge in [-0.05, 0) is 55.3 Å². The van der Waals surface area contributed by atoms with Crippen molar-refractivity contribution in [1.29, 1.82) is 0 Å². The van der Waals surface area contributed by atoms with Crippen LogP contribution in [0.5, 0.6) is 0 Å². The Morgan fingerprint density at radius 3 is 2.70 bits per heavy atom. The number of nitrogens with zero attached hydrogens (tertiary/aromatic N) is 4. The van der Waals surface area contributed by atoms with Crippen molar-refractivity contribution in [3.8, 4) is 11.1 Å². The molecule has 2 aliphatic rings. The smallest absolute Gasteiger partial charge is 0.273 e. The summed E-state index contributed by atoms with van der Waals surface area (Å²) in [5.41, 5.74) is 5.00. The van der Waals surface area contributed by atoms with Crippen LogP contribution in [0.25, 0.3) is 11.1 Å². The molecular formula is C25H27FN4O2S. The summed E-state index contributed by atoms with van der Waals surface area (Å²) in [6.45, 7) is 4.52. The van der Waals surface area contributed by atoms with Gasteiger partial charge in [-0.3, -0.25) is 9.59 Å². The van der Waals surface area contributed by atoms with E-state index in [1.54, 1.807) is 27.9 Å². The van der Waals surface area contributed by atoms with E-state index in [0.717, 1.165) is 30.9 Å². The summed E-state index contributed by atoms with van der Waals surface area (Å²) >= 11 is 1.40. The number of aromatic nitrogens is 2. The SMILES string of the molecule is O=C(c1cscn1)N1CCc2c(cc(-c3cccc(F)c3)c(=O)n2CCN2CCCCC2)C1. The molecule has 3 aromatic rings. The van der Waals surface area contributed by atoms with Crippen LogP contribution < -0.4 is 5.56 Å². The fourth-order valence-electron chi connectivity index (χ4n) is 4.90. The fraction of sp³-hybridized carbons (Fsp3) is 0.400. The van der Waals surface area contributed by atoms with Crippen molar-refractivity contribution in [1.82, 2.24) is 19.4 Å². The first-order valence-corrected chi connectivity index (χ1v) is 12.5. The summed E-state index contributed by atoms with van der Waals surface area (Å²) in [5, 5.41) is 1.76. The molecule has 0 spiro atoms. The lowest BCUT2D eigenvalue weighted by atomic mass is 9.98. The number of thiazole rings is 1. The number of likely N-dealkylation sites (tertiary alicyclic amines) is 1. The number of piperidine rings is 1. The fourth-order valence-corrected chi connectivity index (χ4v) is 5.42. The molecule has 1 aromatic carbocycles. The molecule has 1 saturated heterocycles. The van der Waals surface area contributed by atoms with Crippen LogP contribution in [0.3, 0.4) is 0 Å². The normalized spacial score (nSPS) is 16.6. The number of benzene rings is 1. The Hall–Kier alpha value is -2.84. The molecule has 1 amide bonds. The van der Waals surface area contributed by atoms with E-state index in [4.69, 9.17) is 0 Å². The first kappa shape index (κ1) is 22.0. The number of amides is 1. The lowest BCUT2D eigenvalue weighted by Crippen LogP contribution is -2.41. The Morgan fingerprint density at radius 1 is 1.09 bits per heavy atom. The number of fused-ring (bicyclic) bond motifs is 1. The first-order valence-electron chi connectivity index (χ1n) is 11.5. The molecule has 172 valence electrons. The molecule has 0 saturated carbocycles. The summed E-state index contributed by atoms with van der Waals surface area (Å²) in [7, 11) is 0. The maximum atomic E-state index is 14.0. The molecule has 0 bridgehead atoms. The summed E-state index contributed by atoms with van der Waals surface area (Å²) in [6, 6.07) is 8.02. The minimum Gasteiger partial charge on any atom is -0.333 e. The quantitative estimate of drug-likeness (QED) is 0.574. The topological polar surface area (TPSA) is 58.4 Å². The predicted octanol–water partition coefficient (Wildman–Crippen LogP) is 3.80. The molecule has 33 heavy (non-hydrogen) atoms. The van der Waals surface area contributed by atoms with Gasteiger partial charge in [0.25, 0.3) is 11.5 Å². The van der Waals surface area contributed by atoms with Crippen LogP contribution in [0.2, 0.25) is 0 Å². The predicted molar refractivity (Wildman–Crippen MR) is 127 cm³/mol. The van der Waals surface area contributed by atoms with E-state index in [1.165, 1.54) is 42.7 Å². The molecule has 8 heteroatoms. The number of hydrogen-bond donors (Lipinski definition) is 0.